The predicted molar refractivity (Wildman–Crippen MR) is 120 cm³/mol. The van der Waals surface area contributed by atoms with Crippen molar-refractivity contribution in [2.45, 2.75) is 19.6 Å². The third kappa shape index (κ3) is 4.18. The van der Waals surface area contributed by atoms with E-state index in [0.29, 0.717) is 6.61 Å². The summed E-state index contributed by atoms with van der Waals surface area (Å²) in [5.74, 6) is 0.794. The van der Waals surface area contributed by atoms with Gasteiger partial charge in [0.05, 0.1) is 23.5 Å². The van der Waals surface area contributed by atoms with Crippen LogP contribution in [0.25, 0.3) is 10.9 Å². The van der Waals surface area contributed by atoms with Gasteiger partial charge in [0.2, 0.25) is 0 Å². The number of nitrogens with one attached hydrogen (secondary N) is 1. The monoisotopic (exact) mass is 417 g/mol. The van der Waals surface area contributed by atoms with Crippen molar-refractivity contribution in [3.05, 3.63) is 77.1 Å². The van der Waals surface area contributed by atoms with E-state index in [1.165, 1.54) is 10.9 Å². The van der Waals surface area contributed by atoms with Gasteiger partial charge in [-0.1, -0.05) is 24.3 Å². The molecule has 4 heterocycles. The lowest BCUT2D eigenvalue weighted by atomic mass is 10.1. The molecule has 5 rings (SSSR count). The fraction of sp³-hybridized carbons (Fsp3) is 0.261. The highest BCUT2D eigenvalue weighted by atomic mass is 32.1. The summed E-state index contributed by atoms with van der Waals surface area (Å²) in [6.07, 6.45) is 1.85. The third-order valence-electron chi connectivity index (χ3n) is 5.24. The van der Waals surface area contributed by atoms with E-state index in [-0.39, 0.29) is 6.10 Å². The first-order valence-corrected chi connectivity index (χ1v) is 11.0. The summed E-state index contributed by atoms with van der Waals surface area (Å²) in [6.45, 7) is 5.27. The van der Waals surface area contributed by atoms with Crippen molar-refractivity contribution >= 4 is 33.2 Å². The number of morpholine rings is 1. The Morgan fingerprint density at radius 1 is 1.13 bits per heavy atom. The van der Waals surface area contributed by atoms with Crippen LogP contribution in [0.4, 0.5) is 10.9 Å². The Morgan fingerprint density at radius 2 is 2.07 bits per heavy atom. The molecule has 0 aliphatic carbocycles. The fourth-order valence-corrected chi connectivity index (χ4v) is 4.48. The molecular weight excluding hydrogens is 394 g/mol. The third-order valence-corrected chi connectivity index (χ3v) is 6.11. The number of benzene rings is 1. The first-order chi connectivity index (χ1) is 14.7. The van der Waals surface area contributed by atoms with E-state index >= 15 is 0 Å². The van der Waals surface area contributed by atoms with Crippen molar-refractivity contribution in [2.24, 2.45) is 0 Å². The minimum Gasteiger partial charge on any atom is -0.369 e. The maximum absolute atomic E-state index is 6.07. The van der Waals surface area contributed by atoms with Crippen LogP contribution in [0.1, 0.15) is 23.1 Å². The summed E-state index contributed by atoms with van der Waals surface area (Å²) in [6, 6.07) is 16.4. The molecular formula is C23H23N5OS. The summed E-state index contributed by atoms with van der Waals surface area (Å²) in [4.78, 5) is 16.2. The lowest BCUT2D eigenvalue weighted by Crippen LogP contribution is -2.38. The number of rotatable bonds is 5. The van der Waals surface area contributed by atoms with E-state index in [1.807, 2.05) is 42.8 Å². The SMILES string of the molecule is Cc1csc(Nc2cccc(C3CN(Cc4ccnc5ccccc45)CCO3)n2)n1. The topological polar surface area (TPSA) is 63.2 Å². The van der Waals surface area contributed by atoms with Gasteiger partial charge in [-0.05, 0) is 36.8 Å². The Kier molecular flexibility index (Phi) is 5.40. The van der Waals surface area contributed by atoms with Crippen LogP contribution in [0.5, 0.6) is 0 Å². The number of hydrogen-bond donors (Lipinski definition) is 1. The summed E-state index contributed by atoms with van der Waals surface area (Å²) in [5, 5.41) is 7.39. The molecule has 1 aliphatic rings. The first kappa shape index (κ1) is 19.1. The number of aromatic nitrogens is 3. The van der Waals surface area contributed by atoms with Crippen LogP contribution in [0.2, 0.25) is 0 Å². The predicted octanol–water partition coefficient (Wildman–Crippen LogP) is 4.71. The molecule has 4 aromatic rings. The molecule has 1 aliphatic heterocycles. The second kappa shape index (κ2) is 8.47. The molecule has 7 heteroatoms. The maximum Gasteiger partial charge on any atom is 0.188 e. The number of thiazole rings is 1. The maximum atomic E-state index is 6.07. The Bertz CT molecular complexity index is 1160. The summed E-state index contributed by atoms with van der Waals surface area (Å²) >= 11 is 1.58. The zero-order valence-corrected chi connectivity index (χ0v) is 17.6. The van der Waals surface area contributed by atoms with Crippen molar-refractivity contribution in [1.29, 1.82) is 0 Å². The number of anilines is 2. The summed E-state index contributed by atoms with van der Waals surface area (Å²) in [7, 11) is 0. The number of nitrogens with zero attached hydrogens (tertiary/aromatic N) is 4. The smallest absolute Gasteiger partial charge is 0.188 e. The lowest BCUT2D eigenvalue weighted by molar-refractivity contribution is -0.0348. The summed E-state index contributed by atoms with van der Waals surface area (Å²) < 4.78 is 6.07. The van der Waals surface area contributed by atoms with Gasteiger partial charge < -0.3 is 10.1 Å². The van der Waals surface area contributed by atoms with Crippen molar-refractivity contribution in [2.75, 3.05) is 25.0 Å². The molecule has 0 saturated carbocycles. The van der Waals surface area contributed by atoms with Gasteiger partial charge in [0.1, 0.15) is 11.9 Å². The van der Waals surface area contributed by atoms with Gasteiger partial charge in [0.25, 0.3) is 0 Å². The Morgan fingerprint density at radius 3 is 2.97 bits per heavy atom. The van der Waals surface area contributed by atoms with Gasteiger partial charge in [-0.3, -0.25) is 9.88 Å². The number of fused-ring (bicyclic) bond motifs is 1. The van der Waals surface area contributed by atoms with Crippen LogP contribution >= 0.6 is 11.3 Å². The number of aryl methyl sites for hydroxylation is 1. The number of pyridine rings is 2. The van der Waals surface area contributed by atoms with Crippen LogP contribution < -0.4 is 5.32 Å². The largest absolute Gasteiger partial charge is 0.369 e. The normalized spacial score (nSPS) is 17.3. The molecule has 0 spiro atoms. The number of ether oxygens (including phenoxy) is 1. The van der Waals surface area contributed by atoms with E-state index in [0.717, 1.165) is 47.5 Å². The molecule has 0 amide bonds. The second-order valence-corrected chi connectivity index (χ2v) is 8.31. The Labute approximate surface area is 179 Å². The van der Waals surface area contributed by atoms with Crippen LogP contribution in [0.3, 0.4) is 0 Å². The average Bonchev–Trinajstić information content (AvgIpc) is 3.19. The molecule has 0 bridgehead atoms. The van der Waals surface area contributed by atoms with Gasteiger partial charge in [-0.25, -0.2) is 9.97 Å². The first-order valence-electron chi connectivity index (χ1n) is 10.1. The molecule has 1 fully saturated rings. The van der Waals surface area contributed by atoms with E-state index in [2.05, 4.69) is 44.5 Å². The molecule has 3 aromatic heterocycles. The minimum atomic E-state index is -0.0494. The number of hydrogen-bond acceptors (Lipinski definition) is 7. The zero-order valence-electron chi connectivity index (χ0n) is 16.8. The molecule has 30 heavy (non-hydrogen) atoms. The van der Waals surface area contributed by atoms with Gasteiger partial charge in [0.15, 0.2) is 5.13 Å². The number of para-hydroxylation sites is 1. The van der Waals surface area contributed by atoms with E-state index < -0.39 is 0 Å². The second-order valence-electron chi connectivity index (χ2n) is 7.45. The lowest BCUT2D eigenvalue weighted by Gasteiger charge is -2.33. The molecule has 1 aromatic carbocycles. The van der Waals surface area contributed by atoms with Gasteiger partial charge >= 0.3 is 0 Å². The van der Waals surface area contributed by atoms with Crippen molar-refractivity contribution < 1.29 is 4.74 Å². The highest BCUT2D eigenvalue weighted by Crippen LogP contribution is 2.26. The minimum absolute atomic E-state index is 0.0494. The van der Waals surface area contributed by atoms with E-state index in [4.69, 9.17) is 9.72 Å². The Balaban J connectivity index is 1.31. The quantitative estimate of drug-likeness (QED) is 0.507. The highest BCUT2D eigenvalue weighted by molar-refractivity contribution is 7.13. The van der Waals surface area contributed by atoms with Crippen molar-refractivity contribution in [3.63, 3.8) is 0 Å². The molecule has 0 radical (unpaired) electrons. The van der Waals surface area contributed by atoms with Gasteiger partial charge in [-0.2, -0.15) is 0 Å². The van der Waals surface area contributed by atoms with Crippen LogP contribution in [-0.2, 0) is 11.3 Å². The van der Waals surface area contributed by atoms with Crippen LogP contribution in [0.15, 0.2) is 60.1 Å². The average molecular weight is 418 g/mol. The highest BCUT2D eigenvalue weighted by Gasteiger charge is 2.24. The molecule has 6 nitrogen and oxygen atoms in total. The Hall–Kier alpha value is -2.87. The van der Waals surface area contributed by atoms with E-state index in [9.17, 15) is 0 Å². The van der Waals surface area contributed by atoms with E-state index in [1.54, 1.807) is 11.3 Å². The molecule has 1 unspecified atom stereocenters. The molecule has 1 saturated heterocycles. The van der Waals surface area contributed by atoms with Gasteiger partial charge in [0, 0.05) is 36.6 Å². The van der Waals surface area contributed by atoms with Gasteiger partial charge in [-0.15, -0.1) is 11.3 Å². The zero-order chi connectivity index (χ0) is 20.3. The molecule has 152 valence electrons. The summed E-state index contributed by atoms with van der Waals surface area (Å²) in [5.41, 5.74) is 4.28. The fourth-order valence-electron chi connectivity index (χ4n) is 3.78. The van der Waals surface area contributed by atoms with Crippen molar-refractivity contribution in [3.8, 4) is 0 Å². The van der Waals surface area contributed by atoms with Crippen LogP contribution in [0, 0.1) is 6.92 Å². The standard InChI is InChI=1S/C23H23N5OS/c1-16-15-30-23(25-16)27-22-8-4-7-20(26-22)21-14-28(11-12-29-21)13-17-9-10-24-19-6-3-2-5-18(17)19/h2-10,15,21H,11-14H2,1H3,(H,25,26,27). The molecule has 1 atom stereocenters. The van der Waals surface area contributed by atoms with Crippen LogP contribution in [-0.4, -0.2) is 39.5 Å². The van der Waals surface area contributed by atoms with Crippen molar-refractivity contribution in [1.82, 2.24) is 19.9 Å². The molecule has 1 N–H and O–H groups in total.